The molecule has 5 nitrogen and oxygen atoms in total. The van der Waals surface area contributed by atoms with Crippen LogP contribution < -0.4 is 10.0 Å². The van der Waals surface area contributed by atoms with Gasteiger partial charge in [-0.2, -0.15) is 0 Å². The fraction of sp³-hybridized carbons (Fsp3) is 0.211. The normalized spacial score (nSPS) is 14.7. The summed E-state index contributed by atoms with van der Waals surface area (Å²) in [6.07, 6.45) is 1.88. The molecule has 132 valence electrons. The predicted octanol–water partition coefficient (Wildman–Crippen LogP) is 2.82. The molecule has 1 amide bonds. The van der Waals surface area contributed by atoms with Crippen molar-refractivity contribution in [2.75, 3.05) is 6.54 Å². The summed E-state index contributed by atoms with van der Waals surface area (Å²) in [7, 11) is -3.55. The highest BCUT2D eigenvalue weighted by molar-refractivity contribution is 7.90. The van der Waals surface area contributed by atoms with E-state index in [1.807, 2.05) is 16.9 Å². The van der Waals surface area contributed by atoms with Crippen LogP contribution in [0.25, 0.3) is 0 Å². The third-order valence-corrected chi connectivity index (χ3v) is 5.22. The zero-order valence-electron chi connectivity index (χ0n) is 14.3. The summed E-state index contributed by atoms with van der Waals surface area (Å²) < 4.78 is 24.2. The van der Waals surface area contributed by atoms with Gasteiger partial charge in [-0.25, -0.2) is 13.1 Å². The smallest absolute Gasteiger partial charge is 0.266 e. The van der Waals surface area contributed by atoms with Crippen molar-refractivity contribution >= 4 is 15.9 Å². The van der Waals surface area contributed by atoms with Gasteiger partial charge in [-0.15, -0.1) is 6.58 Å². The van der Waals surface area contributed by atoms with Crippen molar-refractivity contribution in [2.24, 2.45) is 0 Å². The predicted molar refractivity (Wildman–Crippen MR) is 98.8 cm³/mol. The number of benzene rings is 2. The second kappa shape index (κ2) is 7.63. The minimum absolute atomic E-state index is 0.0233. The fourth-order valence-electron chi connectivity index (χ4n) is 2.40. The average molecular weight is 358 g/mol. The first-order chi connectivity index (χ1) is 11.8. The van der Waals surface area contributed by atoms with Crippen LogP contribution in [0.4, 0.5) is 0 Å². The lowest BCUT2D eigenvalue weighted by Crippen LogP contribution is -2.36. The first-order valence-electron chi connectivity index (χ1n) is 7.85. The molecule has 0 atom stereocenters. The maximum Gasteiger partial charge on any atom is 0.266 e. The van der Waals surface area contributed by atoms with E-state index in [-0.39, 0.29) is 16.0 Å². The lowest BCUT2D eigenvalue weighted by Gasteiger charge is -2.26. The Kier molecular flexibility index (Phi) is 5.77. The SMILES string of the molecule is C=CCNC(C)(C)c1ccccc1.O=C1NS(=O)(=O)c2ccccc21. The quantitative estimate of drug-likeness (QED) is 0.824. The van der Waals surface area contributed by atoms with E-state index in [2.05, 4.69) is 50.0 Å². The molecule has 2 aromatic carbocycles. The number of sulfonamides is 1. The van der Waals surface area contributed by atoms with Crippen LogP contribution in [-0.2, 0) is 15.6 Å². The minimum Gasteiger partial charge on any atom is -0.304 e. The minimum atomic E-state index is -3.55. The molecule has 6 heteroatoms. The summed E-state index contributed by atoms with van der Waals surface area (Å²) >= 11 is 0. The van der Waals surface area contributed by atoms with Gasteiger partial charge in [-0.1, -0.05) is 48.5 Å². The van der Waals surface area contributed by atoms with Gasteiger partial charge in [0.05, 0.1) is 5.56 Å². The Morgan fingerprint density at radius 3 is 2.28 bits per heavy atom. The van der Waals surface area contributed by atoms with E-state index in [4.69, 9.17) is 0 Å². The van der Waals surface area contributed by atoms with Crippen LogP contribution in [0.1, 0.15) is 29.8 Å². The molecule has 1 aliphatic rings. The lowest BCUT2D eigenvalue weighted by atomic mass is 9.94. The molecule has 0 aliphatic carbocycles. The van der Waals surface area contributed by atoms with E-state index in [0.717, 1.165) is 6.54 Å². The van der Waals surface area contributed by atoms with Crippen LogP contribution in [0, 0.1) is 0 Å². The van der Waals surface area contributed by atoms with Crippen LogP contribution in [0.3, 0.4) is 0 Å². The van der Waals surface area contributed by atoms with Crippen LogP contribution in [0.5, 0.6) is 0 Å². The van der Waals surface area contributed by atoms with E-state index in [1.54, 1.807) is 12.1 Å². The van der Waals surface area contributed by atoms with Gasteiger partial charge in [0.15, 0.2) is 0 Å². The van der Waals surface area contributed by atoms with Gasteiger partial charge in [-0.05, 0) is 31.5 Å². The Balaban J connectivity index is 0.000000181. The van der Waals surface area contributed by atoms with Gasteiger partial charge < -0.3 is 5.32 Å². The van der Waals surface area contributed by atoms with Crippen molar-refractivity contribution in [1.82, 2.24) is 10.0 Å². The molecule has 2 N–H and O–H groups in total. The molecule has 1 aliphatic heterocycles. The van der Waals surface area contributed by atoms with Crippen molar-refractivity contribution < 1.29 is 13.2 Å². The highest BCUT2D eigenvalue weighted by Crippen LogP contribution is 2.21. The van der Waals surface area contributed by atoms with Crippen molar-refractivity contribution in [3.05, 3.63) is 78.4 Å². The van der Waals surface area contributed by atoms with Crippen LogP contribution >= 0.6 is 0 Å². The molecule has 3 rings (SSSR count). The Bertz CT molecular complexity index is 859. The largest absolute Gasteiger partial charge is 0.304 e. The Morgan fingerprint density at radius 2 is 1.68 bits per heavy atom. The zero-order valence-corrected chi connectivity index (χ0v) is 15.1. The molecule has 1 heterocycles. The zero-order chi connectivity index (χ0) is 18.5. The highest BCUT2D eigenvalue weighted by atomic mass is 32.2. The average Bonchev–Trinajstić information content (AvgIpc) is 2.84. The molecular formula is C19H22N2O3S. The Morgan fingerprint density at radius 1 is 1.08 bits per heavy atom. The maximum absolute atomic E-state index is 11.1. The molecule has 0 aromatic heterocycles. The molecule has 0 spiro atoms. The number of hydrogen-bond acceptors (Lipinski definition) is 4. The van der Waals surface area contributed by atoms with E-state index < -0.39 is 15.9 Å². The summed E-state index contributed by atoms with van der Waals surface area (Å²) in [6, 6.07) is 16.5. The summed E-state index contributed by atoms with van der Waals surface area (Å²) in [4.78, 5) is 11.1. The second-order valence-corrected chi connectivity index (χ2v) is 7.74. The van der Waals surface area contributed by atoms with Crippen molar-refractivity contribution in [3.63, 3.8) is 0 Å². The van der Waals surface area contributed by atoms with Gasteiger partial charge >= 0.3 is 0 Å². The van der Waals surface area contributed by atoms with Gasteiger partial charge in [-0.3, -0.25) is 4.79 Å². The summed E-state index contributed by atoms with van der Waals surface area (Å²) in [5.41, 5.74) is 1.55. The van der Waals surface area contributed by atoms with E-state index in [0.29, 0.717) is 0 Å². The number of rotatable bonds is 4. The monoisotopic (exact) mass is 358 g/mol. The molecular weight excluding hydrogens is 336 g/mol. The van der Waals surface area contributed by atoms with Gasteiger partial charge in [0.1, 0.15) is 4.90 Å². The van der Waals surface area contributed by atoms with Crippen molar-refractivity contribution in [2.45, 2.75) is 24.3 Å². The molecule has 2 aromatic rings. The molecule has 0 saturated carbocycles. The number of carbonyl (C=O) groups excluding carboxylic acids is 1. The van der Waals surface area contributed by atoms with Crippen molar-refractivity contribution in [3.8, 4) is 0 Å². The molecule has 0 unspecified atom stereocenters. The molecule has 0 bridgehead atoms. The first-order valence-corrected chi connectivity index (χ1v) is 9.34. The molecule has 0 radical (unpaired) electrons. The highest BCUT2D eigenvalue weighted by Gasteiger charge is 2.31. The van der Waals surface area contributed by atoms with Crippen LogP contribution in [-0.4, -0.2) is 20.9 Å². The van der Waals surface area contributed by atoms with Crippen LogP contribution in [0.2, 0.25) is 0 Å². The number of fused-ring (bicyclic) bond motifs is 1. The maximum atomic E-state index is 11.1. The fourth-order valence-corrected chi connectivity index (χ4v) is 3.58. The molecule has 0 fully saturated rings. The van der Waals surface area contributed by atoms with Crippen LogP contribution in [0.15, 0.2) is 72.1 Å². The second-order valence-electron chi connectivity index (χ2n) is 6.09. The van der Waals surface area contributed by atoms with E-state index in [1.165, 1.54) is 17.7 Å². The summed E-state index contributed by atoms with van der Waals surface area (Å²) in [5, 5.41) is 3.41. The third-order valence-electron chi connectivity index (χ3n) is 3.83. The van der Waals surface area contributed by atoms with E-state index >= 15 is 0 Å². The number of carbonyl (C=O) groups is 1. The summed E-state index contributed by atoms with van der Waals surface area (Å²) in [6.45, 7) is 8.88. The third kappa shape index (κ3) is 4.55. The number of hydrogen-bond donors (Lipinski definition) is 2. The topological polar surface area (TPSA) is 75.3 Å². The number of amides is 1. The first kappa shape index (κ1) is 18.9. The van der Waals surface area contributed by atoms with Crippen molar-refractivity contribution in [1.29, 1.82) is 0 Å². The molecule has 25 heavy (non-hydrogen) atoms. The Hall–Kier alpha value is -2.44. The van der Waals surface area contributed by atoms with E-state index in [9.17, 15) is 13.2 Å². The molecule has 0 saturated heterocycles. The van der Waals surface area contributed by atoms with Gasteiger partial charge in [0, 0.05) is 12.1 Å². The lowest BCUT2D eigenvalue weighted by molar-refractivity contribution is 0.0985. The summed E-state index contributed by atoms with van der Waals surface area (Å²) in [5.74, 6) is -0.550. The standard InChI is InChI=1S/C12H17N.C7H5NO3S/c1-4-10-13-12(2,3)11-8-6-5-7-9-11;9-7-5-3-1-2-4-6(5)12(10,11)8-7/h4-9,13H,1,10H2,2-3H3;1-4H,(H,8,9). The van der Waals surface area contributed by atoms with Gasteiger partial charge in [0.25, 0.3) is 15.9 Å². The number of nitrogens with one attached hydrogen (secondary N) is 2. The Labute approximate surface area is 148 Å². The van der Waals surface area contributed by atoms with Gasteiger partial charge in [0.2, 0.25) is 0 Å².